The van der Waals surface area contributed by atoms with Gasteiger partial charge in [0.15, 0.2) is 18.8 Å². The summed E-state index contributed by atoms with van der Waals surface area (Å²) in [7, 11) is 1.52. The van der Waals surface area contributed by atoms with Crippen LogP contribution in [0.2, 0.25) is 0 Å². The number of methoxy groups -OCH3 is 1. The van der Waals surface area contributed by atoms with Crippen LogP contribution in [0.5, 0.6) is 23.0 Å². The van der Waals surface area contributed by atoms with E-state index in [9.17, 15) is 29.1 Å². The zero-order valence-corrected chi connectivity index (χ0v) is 24.1. The number of carbonyl (C=O) groups excluding carboxylic acids is 5. The molecule has 5 atom stereocenters. The van der Waals surface area contributed by atoms with Gasteiger partial charge in [0.05, 0.1) is 12.7 Å². The molecule has 232 valence electrons. The molecule has 0 aliphatic carbocycles. The number of ketones is 1. The highest BCUT2D eigenvalue weighted by Crippen LogP contribution is 2.32. The standard InChI is InChI=1S/C29H32O14/c1-15(30)37-14-25-26(39-16(2)31)27(40-17(3)32)28(41-18(4)33)29(43-25)42-21-10-11-22(23(34)12-21)24(35)13-38-20-8-6-19(36-5)7-9-20/h6-12,25-29,34H,13-14H2,1-5H3/t25-,26+,27-,28-,29+/m0/s1. The number of esters is 4. The second-order valence-electron chi connectivity index (χ2n) is 9.25. The number of rotatable bonds is 12. The number of hydrogen-bond acceptors (Lipinski definition) is 14. The van der Waals surface area contributed by atoms with Crippen LogP contribution in [-0.4, -0.2) is 85.8 Å². The summed E-state index contributed by atoms with van der Waals surface area (Å²) >= 11 is 0. The van der Waals surface area contributed by atoms with Crippen LogP contribution in [0.15, 0.2) is 42.5 Å². The van der Waals surface area contributed by atoms with Gasteiger partial charge in [-0.1, -0.05) is 0 Å². The van der Waals surface area contributed by atoms with Crippen molar-refractivity contribution in [2.75, 3.05) is 20.3 Å². The third-order valence-electron chi connectivity index (χ3n) is 5.90. The quantitative estimate of drug-likeness (QED) is 0.211. The fourth-order valence-electron chi connectivity index (χ4n) is 4.14. The number of Topliss-reactive ketones (excluding diaryl/α,β-unsaturated/α-hetero) is 1. The minimum Gasteiger partial charge on any atom is -0.507 e. The van der Waals surface area contributed by atoms with Crippen molar-refractivity contribution in [3.8, 4) is 23.0 Å². The second-order valence-corrected chi connectivity index (χ2v) is 9.25. The number of hydrogen-bond donors (Lipinski definition) is 1. The highest BCUT2D eigenvalue weighted by molar-refractivity contribution is 5.99. The van der Waals surface area contributed by atoms with Crippen molar-refractivity contribution in [3.05, 3.63) is 48.0 Å². The van der Waals surface area contributed by atoms with Crippen molar-refractivity contribution in [1.82, 2.24) is 0 Å². The molecular formula is C29H32O14. The minimum absolute atomic E-state index is 0.0361. The maximum atomic E-state index is 12.7. The molecular weight excluding hydrogens is 572 g/mol. The Bertz CT molecular complexity index is 1320. The van der Waals surface area contributed by atoms with Gasteiger partial charge in [0.2, 0.25) is 18.2 Å². The molecule has 1 saturated heterocycles. The molecule has 0 saturated carbocycles. The molecule has 0 amide bonds. The van der Waals surface area contributed by atoms with E-state index in [1.807, 2.05) is 0 Å². The Kier molecular flexibility index (Phi) is 11.3. The first-order chi connectivity index (χ1) is 20.4. The molecule has 1 N–H and O–H groups in total. The first-order valence-electron chi connectivity index (χ1n) is 13.0. The second kappa shape index (κ2) is 14.9. The molecule has 2 aromatic rings. The lowest BCUT2D eigenvalue weighted by molar-refractivity contribution is -0.288. The smallest absolute Gasteiger partial charge is 0.303 e. The molecule has 0 bridgehead atoms. The van der Waals surface area contributed by atoms with Gasteiger partial charge in [0.25, 0.3) is 0 Å². The zero-order chi connectivity index (χ0) is 31.7. The van der Waals surface area contributed by atoms with E-state index in [-0.39, 0.29) is 17.9 Å². The Balaban J connectivity index is 1.84. The van der Waals surface area contributed by atoms with Gasteiger partial charge >= 0.3 is 23.9 Å². The molecule has 0 radical (unpaired) electrons. The van der Waals surface area contributed by atoms with E-state index < -0.39 is 72.7 Å². The predicted octanol–water partition coefficient (Wildman–Crippen LogP) is 2.12. The lowest BCUT2D eigenvalue weighted by Gasteiger charge is -2.43. The number of phenolic OH excluding ortho intramolecular Hbond substituents is 1. The van der Waals surface area contributed by atoms with Crippen LogP contribution >= 0.6 is 0 Å². The Morgan fingerprint density at radius 3 is 1.86 bits per heavy atom. The van der Waals surface area contributed by atoms with Crippen LogP contribution in [0.1, 0.15) is 38.1 Å². The molecule has 0 spiro atoms. The first kappa shape index (κ1) is 32.7. The molecule has 43 heavy (non-hydrogen) atoms. The molecule has 0 aromatic heterocycles. The average Bonchev–Trinajstić information content (AvgIpc) is 2.93. The van der Waals surface area contributed by atoms with Crippen molar-refractivity contribution in [1.29, 1.82) is 0 Å². The number of aromatic hydroxyl groups is 1. The van der Waals surface area contributed by atoms with E-state index in [1.54, 1.807) is 24.3 Å². The lowest BCUT2D eigenvalue weighted by atomic mass is 9.98. The number of ether oxygens (including phenoxy) is 8. The van der Waals surface area contributed by atoms with Gasteiger partial charge in [-0.2, -0.15) is 0 Å². The summed E-state index contributed by atoms with van der Waals surface area (Å²) in [5, 5.41) is 10.6. The molecule has 1 aliphatic heterocycles. The van der Waals surface area contributed by atoms with Crippen molar-refractivity contribution >= 4 is 29.7 Å². The highest BCUT2D eigenvalue weighted by Gasteiger charge is 2.53. The van der Waals surface area contributed by atoms with Crippen molar-refractivity contribution in [3.63, 3.8) is 0 Å². The van der Waals surface area contributed by atoms with Gasteiger partial charge in [0.1, 0.15) is 35.7 Å². The zero-order valence-electron chi connectivity index (χ0n) is 24.1. The van der Waals surface area contributed by atoms with E-state index in [0.717, 1.165) is 33.8 Å². The van der Waals surface area contributed by atoms with Crippen LogP contribution in [0.4, 0.5) is 0 Å². The molecule has 1 aliphatic rings. The summed E-state index contributed by atoms with van der Waals surface area (Å²) in [4.78, 5) is 60.0. The van der Waals surface area contributed by atoms with Gasteiger partial charge < -0.3 is 43.0 Å². The summed E-state index contributed by atoms with van der Waals surface area (Å²) in [6, 6.07) is 10.3. The highest BCUT2D eigenvalue weighted by atomic mass is 16.7. The first-order valence-corrected chi connectivity index (χ1v) is 13.0. The van der Waals surface area contributed by atoms with Crippen LogP contribution in [0.3, 0.4) is 0 Å². The van der Waals surface area contributed by atoms with Crippen molar-refractivity contribution in [2.45, 2.75) is 58.4 Å². The maximum Gasteiger partial charge on any atom is 0.303 e. The summed E-state index contributed by atoms with van der Waals surface area (Å²) in [6.45, 7) is 3.62. The van der Waals surface area contributed by atoms with E-state index in [1.165, 1.54) is 19.2 Å². The average molecular weight is 605 g/mol. The fourth-order valence-corrected chi connectivity index (χ4v) is 4.14. The van der Waals surface area contributed by atoms with E-state index in [4.69, 9.17) is 37.9 Å². The maximum absolute atomic E-state index is 12.7. The van der Waals surface area contributed by atoms with E-state index >= 15 is 0 Å². The Labute approximate surface area is 246 Å². The van der Waals surface area contributed by atoms with Crippen LogP contribution in [0.25, 0.3) is 0 Å². The van der Waals surface area contributed by atoms with Gasteiger partial charge in [-0.3, -0.25) is 24.0 Å². The van der Waals surface area contributed by atoms with Gasteiger partial charge in [-0.15, -0.1) is 0 Å². The lowest BCUT2D eigenvalue weighted by Crippen LogP contribution is -2.63. The van der Waals surface area contributed by atoms with Crippen molar-refractivity contribution < 1.29 is 67.0 Å². The number of benzene rings is 2. The fraction of sp³-hybridized carbons (Fsp3) is 0.414. The Morgan fingerprint density at radius 1 is 0.744 bits per heavy atom. The summed E-state index contributed by atoms with van der Waals surface area (Å²) in [5.41, 5.74) is -0.0672. The van der Waals surface area contributed by atoms with Crippen molar-refractivity contribution in [2.24, 2.45) is 0 Å². The van der Waals surface area contributed by atoms with Gasteiger partial charge in [-0.05, 0) is 36.4 Å². The summed E-state index contributed by atoms with van der Waals surface area (Å²) in [6.07, 6.45) is -7.00. The Morgan fingerprint density at radius 2 is 1.30 bits per heavy atom. The molecule has 3 rings (SSSR count). The molecule has 14 nitrogen and oxygen atoms in total. The molecule has 1 fully saturated rings. The molecule has 14 heteroatoms. The third kappa shape index (κ3) is 9.33. The predicted molar refractivity (Wildman–Crippen MR) is 144 cm³/mol. The molecule has 1 heterocycles. The topological polar surface area (TPSA) is 179 Å². The summed E-state index contributed by atoms with van der Waals surface area (Å²) < 4.78 is 43.4. The monoisotopic (exact) mass is 604 g/mol. The normalized spacial score (nSPS) is 21.1. The molecule has 2 aromatic carbocycles. The summed E-state index contributed by atoms with van der Waals surface area (Å²) in [5.74, 6) is -3.05. The number of carbonyl (C=O) groups is 5. The van der Waals surface area contributed by atoms with E-state index in [2.05, 4.69) is 0 Å². The largest absolute Gasteiger partial charge is 0.507 e. The minimum atomic E-state index is -1.51. The van der Waals surface area contributed by atoms with Crippen LogP contribution in [0, 0.1) is 0 Å². The Hall–Kier alpha value is -4.85. The van der Waals surface area contributed by atoms with Gasteiger partial charge in [-0.25, -0.2) is 0 Å². The van der Waals surface area contributed by atoms with Crippen LogP contribution < -0.4 is 14.2 Å². The molecule has 0 unspecified atom stereocenters. The van der Waals surface area contributed by atoms with E-state index in [0.29, 0.717) is 11.5 Å². The van der Waals surface area contributed by atoms with Gasteiger partial charge in [0, 0.05) is 33.8 Å². The SMILES string of the molecule is COc1ccc(OCC(=O)c2ccc(O[C@@H]3O[C@@H](COC(C)=O)[C@@H](OC(C)=O)[C@H](OC(C)=O)[C@@H]3OC(C)=O)cc2O)cc1. The number of phenols is 1. The van der Waals surface area contributed by atoms with Crippen LogP contribution in [-0.2, 0) is 42.9 Å². The third-order valence-corrected chi connectivity index (χ3v) is 5.90.